The van der Waals surface area contributed by atoms with Crippen LogP contribution in [0.15, 0.2) is 0 Å². The second kappa shape index (κ2) is 7.22. The minimum absolute atomic E-state index is 0.306. The number of nitrogens with zero attached hydrogens (tertiary/aromatic N) is 3. The molecule has 0 saturated carbocycles. The Labute approximate surface area is 99.8 Å². The van der Waals surface area contributed by atoms with E-state index >= 15 is 0 Å². The SMILES string of the molecule is CC(CO)CN1CCN(CCN(C)C)CC1. The van der Waals surface area contributed by atoms with Crippen LogP contribution in [-0.4, -0.2) is 86.3 Å². The van der Waals surface area contributed by atoms with Gasteiger partial charge in [-0.2, -0.15) is 0 Å². The maximum Gasteiger partial charge on any atom is 0.0468 e. The van der Waals surface area contributed by atoms with Gasteiger partial charge in [-0.05, 0) is 20.0 Å². The molecular weight excluding hydrogens is 202 g/mol. The summed E-state index contributed by atoms with van der Waals surface area (Å²) in [6.45, 7) is 10.4. The summed E-state index contributed by atoms with van der Waals surface area (Å²) >= 11 is 0. The molecule has 1 N–H and O–H groups in total. The van der Waals surface area contributed by atoms with Crippen LogP contribution in [0, 0.1) is 5.92 Å². The molecule has 1 fully saturated rings. The van der Waals surface area contributed by atoms with Gasteiger partial charge < -0.3 is 14.9 Å². The summed E-state index contributed by atoms with van der Waals surface area (Å²) < 4.78 is 0. The van der Waals surface area contributed by atoms with Gasteiger partial charge in [-0.25, -0.2) is 0 Å². The standard InChI is InChI=1S/C12H27N3O/c1-12(11-16)10-15-8-6-14(7-9-15)5-4-13(2)3/h12,16H,4-11H2,1-3H3. The van der Waals surface area contributed by atoms with Gasteiger partial charge in [0.2, 0.25) is 0 Å². The third-order valence-corrected chi connectivity index (χ3v) is 3.21. The van der Waals surface area contributed by atoms with E-state index in [0.29, 0.717) is 12.5 Å². The number of hydrogen-bond donors (Lipinski definition) is 1. The largest absolute Gasteiger partial charge is 0.396 e. The van der Waals surface area contributed by atoms with Crippen molar-refractivity contribution in [2.24, 2.45) is 5.92 Å². The fourth-order valence-electron chi connectivity index (χ4n) is 2.04. The summed E-state index contributed by atoms with van der Waals surface area (Å²) in [6, 6.07) is 0. The summed E-state index contributed by atoms with van der Waals surface area (Å²) in [5.74, 6) is 0.410. The normalized spacial score (nSPS) is 21.6. The Morgan fingerprint density at radius 3 is 2.19 bits per heavy atom. The van der Waals surface area contributed by atoms with Crippen molar-refractivity contribution in [1.29, 1.82) is 0 Å². The van der Waals surface area contributed by atoms with Crippen LogP contribution in [0.3, 0.4) is 0 Å². The lowest BCUT2D eigenvalue weighted by molar-refractivity contribution is 0.101. The van der Waals surface area contributed by atoms with Crippen LogP contribution in [-0.2, 0) is 0 Å². The minimum atomic E-state index is 0.306. The highest BCUT2D eigenvalue weighted by atomic mass is 16.3. The van der Waals surface area contributed by atoms with Crippen LogP contribution in [0.5, 0.6) is 0 Å². The molecule has 16 heavy (non-hydrogen) atoms. The van der Waals surface area contributed by atoms with Crippen molar-refractivity contribution < 1.29 is 5.11 Å². The first-order chi connectivity index (χ1) is 7.61. The molecule has 0 aromatic carbocycles. The smallest absolute Gasteiger partial charge is 0.0468 e. The summed E-state index contributed by atoms with van der Waals surface area (Å²) in [4.78, 5) is 7.23. The van der Waals surface area contributed by atoms with Gasteiger partial charge in [-0.3, -0.25) is 4.90 Å². The summed E-state index contributed by atoms with van der Waals surface area (Å²) in [6.07, 6.45) is 0. The van der Waals surface area contributed by atoms with Crippen LogP contribution in [0.25, 0.3) is 0 Å². The lowest BCUT2D eigenvalue weighted by Crippen LogP contribution is -2.49. The average Bonchev–Trinajstić information content (AvgIpc) is 2.28. The number of aliphatic hydroxyl groups is 1. The molecule has 1 atom stereocenters. The monoisotopic (exact) mass is 229 g/mol. The Morgan fingerprint density at radius 2 is 1.69 bits per heavy atom. The molecule has 1 saturated heterocycles. The van der Waals surface area contributed by atoms with Crippen molar-refractivity contribution in [2.45, 2.75) is 6.92 Å². The second-order valence-electron chi connectivity index (χ2n) is 5.23. The van der Waals surface area contributed by atoms with Gasteiger partial charge in [0, 0.05) is 52.4 Å². The van der Waals surface area contributed by atoms with Crippen molar-refractivity contribution >= 4 is 0 Å². The van der Waals surface area contributed by atoms with E-state index in [0.717, 1.165) is 26.2 Å². The molecular formula is C12H27N3O. The molecule has 0 bridgehead atoms. The summed E-state index contributed by atoms with van der Waals surface area (Å²) in [5.41, 5.74) is 0. The minimum Gasteiger partial charge on any atom is -0.396 e. The zero-order valence-electron chi connectivity index (χ0n) is 11.0. The van der Waals surface area contributed by atoms with Crippen LogP contribution >= 0.6 is 0 Å². The van der Waals surface area contributed by atoms with Crippen LogP contribution in [0.2, 0.25) is 0 Å². The first-order valence-electron chi connectivity index (χ1n) is 6.32. The number of hydrogen-bond acceptors (Lipinski definition) is 4. The van der Waals surface area contributed by atoms with E-state index in [-0.39, 0.29) is 0 Å². The van der Waals surface area contributed by atoms with Crippen molar-refractivity contribution in [3.63, 3.8) is 0 Å². The van der Waals surface area contributed by atoms with E-state index in [4.69, 9.17) is 5.11 Å². The zero-order chi connectivity index (χ0) is 12.0. The molecule has 0 amide bonds. The summed E-state index contributed by atoms with van der Waals surface area (Å²) in [5, 5.41) is 9.02. The number of aliphatic hydroxyl groups excluding tert-OH is 1. The second-order valence-corrected chi connectivity index (χ2v) is 5.23. The third-order valence-electron chi connectivity index (χ3n) is 3.21. The molecule has 4 heteroatoms. The molecule has 96 valence electrons. The maximum absolute atomic E-state index is 9.02. The van der Waals surface area contributed by atoms with Gasteiger partial charge in [0.15, 0.2) is 0 Å². The molecule has 0 aliphatic carbocycles. The molecule has 1 aliphatic rings. The molecule has 1 unspecified atom stereocenters. The zero-order valence-corrected chi connectivity index (χ0v) is 11.0. The quantitative estimate of drug-likeness (QED) is 0.683. The van der Waals surface area contributed by atoms with Gasteiger partial charge in [0.05, 0.1) is 0 Å². The van der Waals surface area contributed by atoms with Crippen LogP contribution in [0.4, 0.5) is 0 Å². The van der Waals surface area contributed by atoms with Crippen molar-refractivity contribution in [3.05, 3.63) is 0 Å². The van der Waals surface area contributed by atoms with E-state index in [9.17, 15) is 0 Å². The lowest BCUT2D eigenvalue weighted by Gasteiger charge is -2.36. The highest BCUT2D eigenvalue weighted by Crippen LogP contribution is 2.05. The topological polar surface area (TPSA) is 30.0 Å². The summed E-state index contributed by atoms with van der Waals surface area (Å²) in [7, 11) is 4.25. The lowest BCUT2D eigenvalue weighted by atomic mass is 10.1. The molecule has 4 nitrogen and oxygen atoms in total. The third kappa shape index (κ3) is 5.25. The first-order valence-corrected chi connectivity index (χ1v) is 6.32. The van der Waals surface area contributed by atoms with Gasteiger partial charge in [-0.1, -0.05) is 6.92 Å². The number of likely N-dealkylation sites (N-methyl/N-ethyl adjacent to an activating group) is 1. The predicted octanol–water partition coefficient (Wildman–Crippen LogP) is -0.206. The molecule has 0 aromatic heterocycles. The Morgan fingerprint density at radius 1 is 1.12 bits per heavy atom. The Kier molecular flexibility index (Phi) is 6.28. The van der Waals surface area contributed by atoms with Crippen LogP contribution in [0.1, 0.15) is 6.92 Å². The fraction of sp³-hybridized carbons (Fsp3) is 1.00. The van der Waals surface area contributed by atoms with E-state index in [2.05, 4.69) is 35.7 Å². The van der Waals surface area contributed by atoms with Crippen molar-refractivity contribution in [1.82, 2.24) is 14.7 Å². The number of piperazine rings is 1. The van der Waals surface area contributed by atoms with Crippen molar-refractivity contribution in [2.75, 3.05) is 66.5 Å². The Hall–Kier alpha value is -0.160. The Balaban J connectivity index is 2.13. The molecule has 0 aromatic rings. The van der Waals surface area contributed by atoms with Gasteiger partial charge in [0.1, 0.15) is 0 Å². The highest BCUT2D eigenvalue weighted by molar-refractivity contribution is 4.73. The molecule has 1 rings (SSSR count). The molecule has 1 aliphatic heterocycles. The maximum atomic E-state index is 9.02. The average molecular weight is 229 g/mol. The van der Waals surface area contributed by atoms with E-state index in [1.165, 1.54) is 19.6 Å². The predicted molar refractivity (Wildman–Crippen MR) is 67.7 cm³/mol. The number of rotatable bonds is 6. The Bertz CT molecular complexity index is 179. The van der Waals surface area contributed by atoms with Crippen LogP contribution < -0.4 is 0 Å². The highest BCUT2D eigenvalue weighted by Gasteiger charge is 2.17. The van der Waals surface area contributed by atoms with Crippen molar-refractivity contribution in [3.8, 4) is 0 Å². The molecule has 1 heterocycles. The first kappa shape index (κ1) is 13.9. The molecule has 0 radical (unpaired) electrons. The van der Waals surface area contributed by atoms with E-state index in [1.807, 2.05) is 0 Å². The fourth-order valence-corrected chi connectivity index (χ4v) is 2.04. The van der Waals surface area contributed by atoms with Gasteiger partial charge in [0.25, 0.3) is 0 Å². The van der Waals surface area contributed by atoms with E-state index in [1.54, 1.807) is 0 Å². The molecule has 0 spiro atoms. The van der Waals surface area contributed by atoms with E-state index < -0.39 is 0 Å². The van der Waals surface area contributed by atoms with Gasteiger partial charge >= 0.3 is 0 Å². The van der Waals surface area contributed by atoms with Gasteiger partial charge in [-0.15, -0.1) is 0 Å².